The molecule has 0 spiro atoms. The Labute approximate surface area is 82.9 Å². The Morgan fingerprint density at radius 2 is 2.64 bits per heavy atom. The van der Waals surface area contributed by atoms with E-state index in [0.717, 1.165) is 3.01 Å². The van der Waals surface area contributed by atoms with Gasteiger partial charge in [-0.3, -0.25) is 4.79 Å². The molecule has 11 heavy (non-hydrogen) atoms. The van der Waals surface area contributed by atoms with Crippen LogP contribution >= 0.6 is 33.9 Å². The number of aromatic nitrogens is 1. The highest BCUT2D eigenvalue weighted by atomic mass is 127. The Kier molecular flexibility index (Phi) is 7.81. The molecule has 1 aromatic rings. The standard InChI is InChI=1S/C3H2INS.C3H6O2/c4-3-5-1-2-6-3;1-2-5-3-4/h1-2H;3H,2H2,1H3. The third kappa shape index (κ3) is 7.73. The maximum atomic E-state index is 9.18. The van der Waals surface area contributed by atoms with Gasteiger partial charge in [-0.15, -0.1) is 11.3 Å². The van der Waals surface area contributed by atoms with Crippen molar-refractivity contribution in [3.63, 3.8) is 0 Å². The molecule has 1 aromatic heterocycles. The molecule has 0 aliphatic carbocycles. The van der Waals surface area contributed by atoms with Gasteiger partial charge in [0.2, 0.25) is 0 Å². The predicted molar refractivity (Wildman–Crippen MR) is 52.5 cm³/mol. The van der Waals surface area contributed by atoms with Crippen LogP contribution in [-0.4, -0.2) is 18.1 Å². The minimum absolute atomic E-state index is 0.431. The van der Waals surface area contributed by atoms with Crippen LogP contribution in [0.4, 0.5) is 0 Å². The molecule has 0 unspecified atom stereocenters. The zero-order valence-corrected chi connectivity index (χ0v) is 8.96. The lowest BCUT2D eigenvalue weighted by atomic mass is 10.9. The van der Waals surface area contributed by atoms with Crippen LogP contribution in [-0.2, 0) is 9.53 Å². The van der Waals surface area contributed by atoms with Gasteiger partial charge in [-0.1, -0.05) is 0 Å². The first-order valence-electron chi connectivity index (χ1n) is 2.91. The third-order valence-corrected chi connectivity index (χ3v) is 2.24. The summed E-state index contributed by atoms with van der Waals surface area (Å²) in [5, 5.41) is 1.96. The fraction of sp³-hybridized carbons (Fsp3) is 0.333. The van der Waals surface area contributed by atoms with E-state index >= 15 is 0 Å². The first kappa shape index (κ1) is 10.8. The fourth-order valence-electron chi connectivity index (χ4n) is 0.274. The zero-order valence-electron chi connectivity index (χ0n) is 5.99. The Bertz CT molecular complexity index is 179. The fourth-order valence-corrected chi connectivity index (χ4v) is 1.23. The first-order valence-corrected chi connectivity index (χ1v) is 4.87. The van der Waals surface area contributed by atoms with Gasteiger partial charge < -0.3 is 4.74 Å². The SMILES string of the molecule is CCOC=O.Ic1nccs1. The number of ether oxygens (including phenoxy) is 1. The second-order valence-corrected chi connectivity index (χ2v) is 3.98. The monoisotopic (exact) mass is 285 g/mol. The lowest BCUT2D eigenvalue weighted by molar-refractivity contribution is -0.128. The Balaban J connectivity index is 0.000000187. The van der Waals surface area contributed by atoms with Crippen molar-refractivity contribution in [3.05, 3.63) is 14.6 Å². The molecule has 0 atom stereocenters. The van der Waals surface area contributed by atoms with E-state index in [1.165, 1.54) is 0 Å². The van der Waals surface area contributed by atoms with Crippen molar-refractivity contribution in [1.29, 1.82) is 0 Å². The number of nitrogens with zero attached hydrogens (tertiary/aromatic N) is 1. The summed E-state index contributed by atoms with van der Waals surface area (Å²) < 4.78 is 5.26. The number of hydrogen-bond donors (Lipinski definition) is 0. The molecule has 0 bridgehead atoms. The van der Waals surface area contributed by atoms with Crippen LogP contribution in [0.15, 0.2) is 11.6 Å². The molecule has 0 aromatic carbocycles. The van der Waals surface area contributed by atoms with Gasteiger partial charge in [0, 0.05) is 11.6 Å². The summed E-state index contributed by atoms with van der Waals surface area (Å²) in [6, 6.07) is 0. The minimum atomic E-state index is 0.431. The highest BCUT2D eigenvalue weighted by Gasteiger charge is 1.78. The van der Waals surface area contributed by atoms with Crippen molar-refractivity contribution in [1.82, 2.24) is 4.98 Å². The van der Waals surface area contributed by atoms with Gasteiger partial charge in [-0.2, -0.15) is 0 Å². The molecule has 0 amide bonds. The van der Waals surface area contributed by atoms with Crippen molar-refractivity contribution in [2.24, 2.45) is 0 Å². The van der Waals surface area contributed by atoms with Crippen LogP contribution in [0.3, 0.4) is 0 Å². The second kappa shape index (κ2) is 7.93. The minimum Gasteiger partial charge on any atom is -0.468 e. The Hall–Kier alpha value is -0.170. The topological polar surface area (TPSA) is 39.2 Å². The van der Waals surface area contributed by atoms with E-state index in [9.17, 15) is 4.79 Å². The first-order chi connectivity index (χ1) is 5.31. The van der Waals surface area contributed by atoms with E-state index in [4.69, 9.17) is 0 Å². The number of thiazole rings is 1. The van der Waals surface area contributed by atoms with Crippen LogP contribution in [0.2, 0.25) is 0 Å². The molecular weight excluding hydrogens is 277 g/mol. The van der Waals surface area contributed by atoms with Crippen LogP contribution in [0.5, 0.6) is 0 Å². The van der Waals surface area contributed by atoms with E-state index in [2.05, 4.69) is 32.3 Å². The summed E-state index contributed by atoms with van der Waals surface area (Å²) in [5.74, 6) is 0. The Morgan fingerprint density at radius 3 is 2.73 bits per heavy atom. The van der Waals surface area contributed by atoms with E-state index < -0.39 is 0 Å². The molecule has 0 saturated heterocycles. The summed E-state index contributed by atoms with van der Waals surface area (Å²) in [7, 11) is 0. The highest BCUT2D eigenvalue weighted by Crippen LogP contribution is 2.05. The lowest BCUT2D eigenvalue weighted by Gasteiger charge is -1.79. The van der Waals surface area contributed by atoms with Crippen molar-refractivity contribution >= 4 is 40.4 Å². The zero-order chi connectivity index (χ0) is 8.53. The van der Waals surface area contributed by atoms with Gasteiger partial charge in [0.25, 0.3) is 6.47 Å². The summed E-state index contributed by atoms with van der Waals surface area (Å²) in [6.45, 7) is 2.66. The van der Waals surface area contributed by atoms with Crippen molar-refractivity contribution in [3.8, 4) is 0 Å². The molecule has 0 aliphatic heterocycles. The number of carbonyl (C=O) groups is 1. The molecule has 0 radical (unpaired) electrons. The van der Waals surface area contributed by atoms with Gasteiger partial charge >= 0.3 is 0 Å². The molecule has 0 saturated carbocycles. The summed E-state index contributed by atoms with van der Waals surface area (Å²) in [6.07, 6.45) is 1.80. The van der Waals surface area contributed by atoms with Gasteiger partial charge in [0.1, 0.15) is 0 Å². The van der Waals surface area contributed by atoms with Crippen LogP contribution in [0, 0.1) is 3.01 Å². The van der Waals surface area contributed by atoms with E-state index in [1.54, 1.807) is 24.5 Å². The normalized spacial score (nSPS) is 7.82. The summed E-state index contributed by atoms with van der Waals surface area (Å²) in [4.78, 5) is 13.1. The number of carbonyl (C=O) groups excluding carboxylic acids is 1. The molecule has 5 heteroatoms. The molecule has 62 valence electrons. The van der Waals surface area contributed by atoms with Crippen molar-refractivity contribution < 1.29 is 9.53 Å². The third-order valence-electron chi connectivity index (χ3n) is 0.637. The van der Waals surface area contributed by atoms with E-state index in [0.29, 0.717) is 13.1 Å². The second-order valence-electron chi connectivity index (χ2n) is 1.34. The average molecular weight is 285 g/mol. The highest BCUT2D eigenvalue weighted by molar-refractivity contribution is 14.1. The molecule has 0 fully saturated rings. The number of hydrogen-bond acceptors (Lipinski definition) is 4. The molecule has 1 rings (SSSR count). The summed E-state index contributed by atoms with van der Waals surface area (Å²) >= 11 is 3.84. The predicted octanol–water partition coefficient (Wildman–Crippen LogP) is 1.93. The van der Waals surface area contributed by atoms with E-state index in [-0.39, 0.29) is 0 Å². The average Bonchev–Trinajstić information content (AvgIpc) is 2.43. The quantitative estimate of drug-likeness (QED) is 0.615. The van der Waals surface area contributed by atoms with Gasteiger partial charge in [0.05, 0.1) is 6.61 Å². The number of halogens is 1. The maximum Gasteiger partial charge on any atom is 0.293 e. The van der Waals surface area contributed by atoms with Crippen molar-refractivity contribution in [2.75, 3.05) is 6.61 Å². The molecule has 0 aliphatic rings. The molecule has 0 N–H and O–H groups in total. The Morgan fingerprint density at radius 1 is 1.91 bits per heavy atom. The van der Waals surface area contributed by atoms with Gasteiger partial charge in [-0.05, 0) is 29.5 Å². The van der Waals surface area contributed by atoms with Gasteiger partial charge in [0.15, 0.2) is 3.01 Å². The molecule has 3 nitrogen and oxygen atoms in total. The van der Waals surface area contributed by atoms with E-state index in [1.807, 2.05) is 5.38 Å². The molecule has 1 heterocycles. The number of rotatable bonds is 2. The molecular formula is C6H8INO2S. The largest absolute Gasteiger partial charge is 0.468 e. The van der Waals surface area contributed by atoms with Crippen LogP contribution < -0.4 is 0 Å². The maximum absolute atomic E-state index is 9.18. The lowest BCUT2D eigenvalue weighted by Crippen LogP contribution is -1.80. The smallest absolute Gasteiger partial charge is 0.293 e. The van der Waals surface area contributed by atoms with Crippen LogP contribution in [0.25, 0.3) is 0 Å². The van der Waals surface area contributed by atoms with Crippen LogP contribution in [0.1, 0.15) is 6.92 Å². The van der Waals surface area contributed by atoms with Gasteiger partial charge in [-0.25, -0.2) is 4.98 Å². The van der Waals surface area contributed by atoms with Crippen molar-refractivity contribution in [2.45, 2.75) is 6.92 Å². The summed E-state index contributed by atoms with van der Waals surface area (Å²) in [5.41, 5.74) is 0.